The van der Waals surface area contributed by atoms with E-state index >= 15 is 0 Å². The molecule has 1 aromatic heterocycles. The number of anilines is 1. The van der Waals surface area contributed by atoms with Crippen molar-refractivity contribution in [3.63, 3.8) is 0 Å². The smallest absolute Gasteiger partial charge is 0.224 e. The number of amides is 1. The van der Waals surface area contributed by atoms with Gasteiger partial charge in [0.25, 0.3) is 0 Å². The molecule has 0 spiro atoms. The number of pyridine rings is 1. The molecule has 0 aliphatic carbocycles. The average molecular weight is 363 g/mol. The zero-order chi connectivity index (χ0) is 19.1. The van der Waals surface area contributed by atoms with Crippen LogP contribution in [0.1, 0.15) is 24.5 Å². The molecule has 1 amide bonds. The second-order valence-corrected chi connectivity index (χ2v) is 6.62. The summed E-state index contributed by atoms with van der Waals surface area (Å²) < 4.78 is 0. The van der Waals surface area contributed by atoms with Crippen molar-refractivity contribution < 1.29 is 9.90 Å². The van der Waals surface area contributed by atoms with Gasteiger partial charge in [0.05, 0.1) is 24.6 Å². The first-order valence-corrected chi connectivity index (χ1v) is 9.24. The third-order valence-electron chi connectivity index (χ3n) is 4.54. The topological polar surface area (TPSA) is 74.2 Å². The molecule has 1 unspecified atom stereocenters. The van der Waals surface area contributed by atoms with Crippen LogP contribution >= 0.6 is 0 Å². The molecule has 1 heterocycles. The van der Waals surface area contributed by atoms with Gasteiger partial charge < -0.3 is 15.7 Å². The van der Waals surface area contributed by atoms with Gasteiger partial charge in [-0.2, -0.15) is 0 Å². The van der Waals surface area contributed by atoms with E-state index in [4.69, 9.17) is 5.11 Å². The van der Waals surface area contributed by atoms with Gasteiger partial charge in [-0.25, -0.2) is 0 Å². The number of fused-ring (bicyclic) bond motifs is 1. The van der Waals surface area contributed by atoms with Crippen LogP contribution in [0.25, 0.3) is 10.9 Å². The SMILES string of the molecule is CCC(CO)NC(=O)Cc1ccc(NCc2cnc3ccccc3c2)cc1. The van der Waals surface area contributed by atoms with Crippen LogP contribution in [-0.4, -0.2) is 28.6 Å². The Morgan fingerprint density at radius 1 is 1.11 bits per heavy atom. The predicted molar refractivity (Wildman–Crippen MR) is 109 cm³/mol. The number of hydrogen-bond acceptors (Lipinski definition) is 4. The number of hydrogen-bond donors (Lipinski definition) is 3. The van der Waals surface area contributed by atoms with Gasteiger partial charge in [-0.1, -0.05) is 37.3 Å². The summed E-state index contributed by atoms with van der Waals surface area (Å²) in [5, 5.41) is 16.5. The van der Waals surface area contributed by atoms with Crippen molar-refractivity contribution in [2.24, 2.45) is 0 Å². The highest BCUT2D eigenvalue weighted by Crippen LogP contribution is 2.15. The van der Waals surface area contributed by atoms with Crippen LogP contribution in [0.5, 0.6) is 0 Å². The summed E-state index contributed by atoms with van der Waals surface area (Å²) >= 11 is 0. The molecular weight excluding hydrogens is 338 g/mol. The summed E-state index contributed by atoms with van der Waals surface area (Å²) in [6.45, 7) is 2.59. The number of para-hydroxylation sites is 1. The second kappa shape index (κ2) is 9.14. The summed E-state index contributed by atoms with van der Waals surface area (Å²) in [5.41, 5.74) is 4.05. The monoisotopic (exact) mass is 363 g/mol. The van der Waals surface area contributed by atoms with Crippen LogP contribution < -0.4 is 10.6 Å². The fraction of sp³-hybridized carbons (Fsp3) is 0.273. The highest BCUT2D eigenvalue weighted by Gasteiger charge is 2.09. The molecule has 0 bridgehead atoms. The number of rotatable bonds is 8. The van der Waals surface area contributed by atoms with Gasteiger partial charge in [0.2, 0.25) is 5.91 Å². The van der Waals surface area contributed by atoms with E-state index in [1.54, 1.807) is 0 Å². The molecule has 0 saturated carbocycles. The maximum Gasteiger partial charge on any atom is 0.224 e. The lowest BCUT2D eigenvalue weighted by molar-refractivity contribution is -0.121. The number of aromatic nitrogens is 1. The van der Waals surface area contributed by atoms with Crippen LogP contribution in [-0.2, 0) is 17.8 Å². The first-order chi connectivity index (χ1) is 13.2. The fourth-order valence-electron chi connectivity index (χ4n) is 2.90. The number of carbonyl (C=O) groups excluding carboxylic acids is 1. The van der Waals surface area contributed by atoms with Gasteiger partial charge in [0.15, 0.2) is 0 Å². The third-order valence-corrected chi connectivity index (χ3v) is 4.54. The average Bonchev–Trinajstić information content (AvgIpc) is 2.71. The summed E-state index contributed by atoms with van der Waals surface area (Å²) in [6, 6.07) is 17.9. The molecule has 140 valence electrons. The Balaban J connectivity index is 1.54. The van der Waals surface area contributed by atoms with Crippen molar-refractivity contribution in [3.05, 3.63) is 71.9 Å². The van der Waals surface area contributed by atoms with Crippen molar-refractivity contribution in [1.82, 2.24) is 10.3 Å². The molecule has 5 nitrogen and oxygen atoms in total. The molecule has 2 aromatic carbocycles. The van der Waals surface area contributed by atoms with E-state index < -0.39 is 0 Å². The Labute approximate surface area is 159 Å². The second-order valence-electron chi connectivity index (χ2n) is 6.62. The van der Waals surface area contributed by atoms with Crippen molar-refractivity contribution in [2.75, 3.05) is 11.9 Å². The molecule has 0 aliphatic heterocycles. The minimum Gasteiger partial charge on any atom is -0.394 e. The van der Waals surface area contributed by atoms with E-state index in [9.17, 15) is 4.79 Å². The number of nitrogens with zero attached hydrogens (tertiary/aromatic N) is 1. The van der Waals surface area contributed by atoms with Gasteiger partial charge in [0.1, 0.15) is 0 Å². The minimum absolute atomic E-state index is 0.0330. The fourth-order valence-corrected chi connectivity index (χ4v) is 2.90. The van der Waals surface area contributed by atoms with Crippen LogP contribution in [0.2, 0.25) is 0 Å². The molecular formula is C22H25N3O2. The standard InChI is InChI=1S/C22H25N3O2/c1-2-19(15-26)25-22(27)12-16-7-9-20(10-8-16)23-13-17-11-18-5-3-4-6-21(18)24-14-17/h3-11,14,19,23,26H,2,12-13,15H2,1H3,(H,25,27). The number of aliphatic hydroxyl groups is 1. The number of carbonyl (C=O) groups is 1. The lowest BCUT2D eigenvalue weighted by Gasteiger charge is -2.14. The van der Waals surface area contributed by atoms with E-state index in [0.29, 0.717) is 19.4 Å². The minimum atomic E-state index is -0.172. The lowest BCUT2D eigenvalue weighted by Crippen LogP contribution is -2.37. The van der Waals surface area contributed by atoms with Crippen LogP contribution in [0.15, 0.2) is 60.8 Å². The van der Waals surface area contributed by atoms with Crippen molar-refractivity contribution in [3.8, 4) is 0 Å². The van der Waals surface area contributed by atoms with Gasteiger partial charge in [-0.05, 0) is 41.8 Å². The summed E-state index contributed by atoms with van der Waals surface area (Å²) in [6.07, 6.45) is 2.92. The van der Waals surface area contributed by atoms with E-state index in [1.165, 1.54) is 0 Å². The highest BCUT2D eigenvalue weighted by molar-refractivity contribution is 5.79. The van der Waals surface area contributed by atoms with E-state index in [-0.39, 0.29) is 18.6 Å². The molecule has 5 heteroatoms. The number of benzene rings is 2. The van der Waals surface area contributed by atoms with Crippen LogP contribution in [0.3, 0.4) is 0 Å². The molecule has 0 aliphatic rings. The molecule has 0 fully saturated rings. The first kappa shape index (κ1) is 18.9. The normalized spacial score (nSPS) is 11.9. The first-order valence-electron chi connectivity index (χ1n) is 9.24. The van der Waals surface area contributed by atoms with Crippen LogP contribution in [0.4, 0.5) is 5.69 Å². The molecule has 3 aromatic rings. The summed E-state index contributed by atoms with van der Waals surface area (Å²) in [5.74, 6) is -0.0705. The maximum absolute atomic E-state index is 12.0. The molecule has 0 saturated heterocycles. The lowest BCUT2D eigenvalue weighted by atomic mass is 10.1. The molecule has 3 N–H and O–H groups in total. The van der Waals surface area contributed by atoms with Crippen molar-refractivity contribution in [2.45, 2.75) is 32.4 Å². The Bertz CT molecular complexity index is 889. The van der Waals surface area contributed by atoms with E-state index in [1.807, 2.05) is 55.6 Å². The Hall–Kier alpha value is -2.92. The van der Waals surface area contributed by atoms with Crippen LogP contribution in [0, 0.1) is 0 Å². The maximum atomic E-state index is 12.0. The van der Waals surface area contributed by atoms with Gasteiger partial charge in [0, 0.05) is 23.8 Å². The third kappa shape index (κ3) is 5.28. The Morgan fingerprint density at radius 2 is 1.89 bits per heavy atom. The molecule has 1 atom stereocenters. The van der Waals surface area contributed by atoms with Crippen molar-refractivity contribution in [1.29, 1.82) is 0 Å². The van der Waals surface area contributed by atoms with E-state index in [2.05, 4.69) is 27.8 Å². The zero-order valence-electron chi connectivity index (χ0n) is 15.5. The predicted octanol–water partition coefficient (Wildman–Crippen LogP) is 3.28. The Morgan fingerprint density at radius 3 is 2.63 bits per heavy atom. The number of nitrogens with one attached hydrogen (secondary N) is 2. The molecule has 0 radical (unpaired) electrons. The Kier molecular flexibility index (Phi) is 6.39. The highest BCUT2D eigenvalue weighted by atomic mass is 16.3. The molecule has 27 heavy (non-hydrogen) atoms. The van der Waals surface area contributed by atoms with Crippen molar-refractivity contribution >= 4 is 22.5 Å². The zero-order valence-corrected chi connectivity index (χ0v) is 15.5. The largest absolute Gasteiger partial charge is 0.394 e. The van der Waals surface area contributed by atoms with Gasteiger partial charge in [-0.15, -0.1) is 0 Å². The van der Waals surface area contributed by atoms with E-state index in [0.717, 1.165) is 27.7 Å². The summed E-state index contributed by atoms with van der Waals surface area (Å²) in [7, 11) is 0. The summed E-state index contributed by atoms with van der Waals surface area (Å²) in [4.78, 5) is 16.5. The van der Waals surface area contributed by atoms with Gasteiger partial charge >= 0.3 is 0 Å². The quantitative estimate of drug-likeness (QED) is 0.574. The number of aliphatic hydroxyl groups excluding tert-OH is 1. The van der Waals surface area contributed by atoms with Gasteiger partial charge in [-0.3, -0.25) is 9.78 Å². The molecule has 3 rings (SSSR count).